The van der Waals surface area contributed by atoms with E-state index in [2.05, 4.69) is 17.1 Å². The summed E-state index contributed by atoms with van der Waals surface area (Å²) in [5, 5.41) is 3.05. The molecule has 3 aliphatic heterocycles. The van der Waals surface area contributed by atoms with Crippen LogP contribution in [0.5, 0.6) is 0 Å². The lowest BCUT2D eigenvalue weighted by Crippen LogP contribution is -2.62. The SMILES string of the molecule is CCCNC(=O)C1C2CN(C3CC4COCC(C3)N4C(=O)OCC)CC21. The Morgan fingerprint density at radius 1 is 1.08 bits per heavy atom. The molecule has 26 heavy (non-hydrogen) atoms. The van der Waals surface area contributed by atoms with E-state index < -0.39 is 0 Å². The number of hydrogen-bond acceptors (Lipinski definition) is 5. The van der Waals surface area contributed by atoms with Crippen LogP contribution in [0, 0.1) is 17.8 Å². The fraction of sp³-hybridized carbons (Fsp3) is 0.895. The molecule has 2 amide bonds. The number of fused-ring (bicyclic) bond motifs is 3. The fourth-order valence-electron chi connectivity index (χ4n) is 5.29. The second-order valence-corrected chi connectivity index (χ2v) is 8.17. The van der Waals surface area contributed by atoms with Gasteiger partial charge in [0.1, 0.15) is 0 Å². The first-order chi connectivity index (χ1) is 12.6. The molecule has 0 spiro atoms. The van der Waals surface area contributed by atoms with Gasteiger partial charge in [0.05, 0.1) is 31.9 Å². The molecular formula is C19H31N3O4. The van der Waals surface area contributed by atoms with E-state index in [1.165, 1.54) is 0 Å². The lowest BCUT2D eigenvalue weighted by atomic mass is 9.89. The summed E-state index contributed by atoms with van der Waals surface area (Å²) in [7, 11) is 0. The van der Waals surface area contributed by atoms with Gasteiger partial charge >= 0.3 is 6.09 Å². The number of rotatable bonds is 5. The number of carbonyl (C=O) groups is 2. The highest BCUT2D eigenvalue weighted by atomic mass is 16.6. The van der Waals surface area contributed by atoms with E-state index in [-0.39, 0.29) is 30.0 Å². The smallest absolute Gasteiger partial charge is 0.410 e. The summed E-state index contributed by atoms with van der Waals surface area (Å²) in [6.07, 6.45) is 2.69. The van der Waals surface area contributed by atoms with Crippen LogP contribution in [-0.4, -0.2) is 79.4 Å². The Labute approximate surface area is 155 Å². The number of amides is 2. The molecule has 0 aromatic carbocycles. The number of nitrogens with zero attached hydrogens (tertiary/aromatic N) is 2. The minimum Gasteiger partial charge on any atom is -0.450 e. The summed E-state index contributed by atoms with van der Waals surface area (Å²) in [6.45, 7) is 8.39. The quantitative estimate of drug-likeness (QED) is 0.789. The summed E-state index contributed by atoms with van der Waals surface area (Å²) in [5.74, 6) is 1.56. The molecule has 7 heteroatoms. The molecule has 4 atom stereocenters. The van der Waals surface area contributed by atoms with Crippen molar-refractivity contribution in [3.8, 4) is 0 Å². The zero-order chi connectivity index (χ0) is 18.3. The minimum atomic E-state index is -0.193. The summed E-state index contributed by atoms with van der Waals surface area (Å²) < 4.78 is 10.9. The van der Waals surface area contributed by atoms with Crippen LogP contribution in [0.2, 0.25) is 0 Å². The van der Waals surface area contributed by atoms with Crippen LogP contribution >= 0.6 is 0 Å². The number of nitrogens with one attached hydrogen (secondary N) is 1. The van der Waals surface area contributed by atoms with Crippen molar-refractivity contribution in [1.29, 1.82) is 0 Å². The molecule has 1 aliphatic carbocycles. The molecule has 1 N–H and O–H groups in total. The summed E-state index contributed by atoms with van der Waals surface area (Å²) in [4.78, 5) is 29.0. The van der Waals surface area contributed by atoms with Crippen LogP contribution in [0.25, 0.3) is 0 Å². The Balaban J connectivity index is 1.32. The predicted molar refractivity (Wildman–Crippen MR) is 95.6 cm³/mol. The normalized spacial score (nSPS) is 38.6. The fourth-order valence-corrected chi connectivity index (χ4v) is 5.29. The number of ether oxygens (including phenoxy) is 2. The third kappa shape index (κ3) is 3.20. The largest absolute Gasteiger partial charge is 0.450 e. The molecule has 4 rings (SSSR count). The Morgan fingerprint density at radius 2 is 1.73 bits per heavy atom. The van der Waals surface area contributed by atoms with Gasteiger partial charge in [0, 0.05) is 31.6 Å². The lowest BCUT2D eigenvalue weighted by Gasteiger charge is -2.49. The average molecular weight is 365 g/mol. The van der Waals surface area contributed by atoms with Crippen LogP contribution in [0.3, 0.4) is 0 Å². The van der Waals surface area contributed by atoms with Gasteiger partial charge in [0.2, 0.25) is 5.91 Å². The molecule has 3 saturated heterocycles. The van der Waals surface area contributed by atoms with Crippen LogP contribution in [0.4, 0.5) is 4.79 Å². The standard InChI is InChI=1S/C19H31N3O4/c1-3-5-20-18(23)17-15-8-21(9-16(15)17)12-6-13-10-25-11-14(7-12)22(13)19(24)26-4-2/h12-17H,3-11H2,1-2H3,(H,20,23). The maximum Gasteiger partial charge on any atom is 0.410 e. The van der Waals surface area contributed by atoms with Crippen LogP contribution in [-0.2, 0) is 14.3 Å². The van der Waals surface area contributed by atoms with Crippen LogP contribution in [0.15, 0.2) is 0 Å². The minimum absolute atomic E-state index is 0.118. The van der Waals surface area contributed by atoms with Gasteiger partial charge in [-0.1, -0.05) is 6.92 Å². The lowest BCUT2D eigenvalue weighted by molar-refractivity contribution is -0.123. The Bertz CT molecular complexity index is 531. The third-order valence-electron chi connectivity index (χ3n) is 6.56. The van der Waals surface area contributed by atoms with Gasteiger partial charge in [-0.05, 0) is 38.0 Å². The van der Waals surface area contributed by atoms with Crippen molar-refractivity contribution in [3.63, 3.8) is 0 Å². The van der Waals surface area contributed by atoms with Gasteiger partial charge in [0.25, 0.3) is 0 Å². The average Bonchev–Trinajstić information content (AvgIpc) is 3.12. The van der Waals surface area contributed by atoms with E-state index in [0.717, 1.165) is 38.9 Å². The Morgan fingerprint density at radius 3 is 2.31 bits per heavy atom. The second kappa shape index (κ2) is 7.35. The van der Waals surface area contributed by atoms with Crippen molar-refractivity contribution in [3.05, 3.63) is 0 Å². The maximum absolute atomic E-state index is 12.3. The molecule has 4 aliphatic rings. The molecule has 0 radical (unpaired) electrons. The Hall–Kier alpha value is -1.34. The van der Waals surface area contributed by atoms with E-state index in [0.29, 0.717) is 37.7 Å². The number of likely N-dealkylation sites (tertiary alicyclic amines) is 1. The van der Waals surface area contributed by atoms with Crippen LogP contribution in [0.1, 0.15) is 33.1 Å². The van der Waals surface area contributed by atoms with E-state index in [4.69, 9.17) is 9.47 Å². The van der Waals surface area contributed by atoms with E-state index in [9.17, 15) is 9.59 Å². The van der Waals surface area contributed by atoms with Crippen LogP contribution < -0.4 is 5.32 Å². The first-order valence-corrected chi connectivity index (χ1v) is 10.2. The summed E-state index contributed by atoms with van der Waals surface area (Å²) in [6, 6.07) is 0.728. The van der Waals surface area contributed by atoms with Crippen molar-refractivity contribution >= 4 is 12.0 Å². The van der Waals surface area contributed by atoms with Gasteiger partial charge in [-0.2, -0.15) is 0 Å². The molecule has 0 aromatic heterocycles. The maximum atomic E-state index is 12.3. The summed E-state index contributed by atoms with van der Waals surface area (Å²) in [5.41, 5.74) is 0. The predicted octanol–water partition coefficient (Wildman–Crippen LogP) is 1.08. The Kier molecular flexibility index (Phi) is 5.10. The molecule has 1 saturated carbocycles. The van der Waals surface area contributed by atoms with E-state index in [1.807, 2.05) is 11.8 Å². The van der Waals surface area contributed by atoms with Crippen molar-refractivity contribution in [2.45, 2.75) is 51.2 Å². The highest BCUT2D eigenvalue weighted by Crippen LogP contribution is 2.53. The number of morpholine rings is 1. The number of hydrogen-bond donors (Lipinski definition) is 1. The molecule has 146 valence electrons. The molecule has 2 bridgehead atoms. The van der Waals surface area contributed by atoms with E-state index in [1.54, 1.807) is 0 Å². The first kappa shape index (κ1) is 18.0. The van der Waals surface area contributed by atoms with Crippen molar-refractivity contribution in [2.75, 3.05) is 39.5 Å². The topological polar surface area (TPSA) is 71.1 Å². The van der Waals surface area contributed by atoms with Gasteiger partial charge in [-0.15, -0.1) is 0 Å². The monoisotopic (exact) mass is 365 g/mol. The number of piperidine rings is 2. The van der Waals surface area contributed by atoms with E-state index >= 15 is 0 Å². The number of carbonyl (C=O) groups excluding carboxylic acids is 2. The molecular weight excluding hydrogens is 334 g/mol. The third-order valence-corrected chi connectivity index (χ3v) is 6.56. The van der Waals surface area contributed by atoms with Gasteiger partial charge in [-0.25, -0.2) is 4.79 Å². The molecule has 7 nitrogen and oxygen atoms in total. The molecule has 4 unspecified atom stereocenters. The zero-order valence-electron chi connectivity index (χ0n) is 15.9. The van der Waals surface area contributed by atoms with Gasteiger partial charge in [0.15, 0.2) is 0 Å². The second-order valence-electron chi connectivity index (χ2n) is 8.17. The zero-order valence-corrected chi connectivity index (χ0v) is 15.9. The highest BCUT2D eigenvalue weighted by Gasteiger charge is 2.60. The van der Waals surface area contributed by atoms with Crippen molar-refractivity contribution in [1.82, 2.24) is 15.1 Å². The summed E-state index contributed by atoms with van der Waals surface area (Å²) >= 11 is 0. The van der Waals surface area contributed by atoms with Crippen molar-refractivity contribution < 1.29 is 19.1 Å². The molecule has 4 fully saturated rings. The van der Waals surface area contributed by atoms with Gasteiger partial charge in [-0.3, -0.25) is 14.6 Å². The highest BCUT2D eigenvalue weighted by molar-refractivity contribution is 5.82. The molecule has 0 aromatic rings. The van der Waals surface area contributed by atoms with Crippen molar-refractivity contribution in [2.24, 2.45) is 17.8 Å². The van der Waals surface area contributed by atoms with Gasteiger partial charge < -0.3 is 14.8 Å². The molecule has 3 heterocycles. The first-order valence-electron chi connectivity index (χ1n) is 10.2.